The first-order valence-corrected chi connectivity index (χ1v) is 7.47. The molecule has 2 rings (SSSR count). The van der Waals surface area contributed by atoms with Crippen molar-refractivity contribution >= 4 is 33.3 Å². The van der Waals surface area contributed by atoms with Crippen LogP contribution >= 0.6 is 11.6 Å². The van der Waals surface area contributed by atoms with Gasteiger partial charge in [-0.05, 0) is 42.5 Å². The van der Waals surface area contributed by atoms with Crippen LogP contribution in [0.1, 0.15) is 10.4 Å². The molecule has 21 heavy (non-hydrogen) atoms. The molecule has 2 aromatic rings. The van der Waals surface area contributed by atoms with Gasteiger partial charge in [0.1, 0.15) is 5.82 Å². The molecule has 8 heteroatoms. The van der Waals surface area contributed by atoms with Crippen LogP contribution in [0.2, 0.25) is 5.02 Å². The molecule has 0 saturated carbocycles. The van der Waals surface area contributed by atoms with Crippen LogP contribution in [0.15, 0.2) is 47.4 Å². The van der Waals surface area contributed by atoms with Gasteiger partial charge in [-0.2, -0.15) is 0 Å². The third-order valence-corrected chi connectivity index (χ3v) is 4.29. The number of nitrogens with one attached hydrogen (secondary N) is 1. The van der Waals surface area contributed by atoms with Gasteiger partial charge in [-0.1, -0.05) is 11.6 Å². The summed E-state index contributed by atoms with van der Waals surface area (Å²) in [5.74, 6) is -1.91. The van der Waals surface area contributed by atoms with Crippen molar-refractivity contribution in [3.05, 3.63) is 58.9 Å². The maximum atomic E-state index is 13.3. The van der Waals surface area contributed by atoms with Crippen LogP contribution in [0.3, 0.4) is 0 Å². The molecule has 0 unspecified atom stereocenters. The van der Waals surface area contributed by atoms with Gasteiger partial charge in [0.05, 0.1) is 21.2 Å². The molecule has 5 nitrogen and oxygen atoms in total. The molecule has 0 aliphatic rings. The molecule has 0 bridgehead atoms. The summed E-state index contributed by atoms with van der Waals surface area (Å²) in [6.45, 7) is 0. The van der Waals surface area contributed by atoms with E-state index >= 15 is 0 Å². The predicted octanol–water partition coefficient (Wildman–Crippen LogP) is 2.98. The average Bonchev–Trinajstić information content (AvgIpc) is 2.43. The van der Waals surface area contributed by atoms with Crippen LogP contribution in [0.4, 0.5) is 10.1 Å². The maximum absolute atomic E-state index is 13.3. The number of anilines is 1. The SMILES string of the molecule is O=C(O)c1ccc(S(=O)(=O)Nc2ccc(Cl)c(F)c2)cc1. The van der Waals surface area contributed by atoms with E-state index in [1.807, 2.05) is 0 Å². The number of rotatable bonds is 4. The van der Waals surface area contributed by atoms with Crippen molar-refractivity contribution in [2.75, 3.05) is 4.72 Å². The fourth-order valence-corrected chi connectivity index (χ4v) is 2.72. The predicted molar refractivity (Wildman–Crippen MR) is 75.6 cm³/mol. The summed E-state index contributed by atoms with van der Waals surface area (Å²) in [7, 11) is -3.94. The van der Waals surface area contributed by atoms with Gasteiger partial charge in [-0.25, -0.2) is 17.6 Å². The van der Waals surface area contributed by atoms with Crippen molar-refractivity contribution in [2.45, 2.75) is 4.90 Å². The minimum atomic E-state index is -3.94. The van der Waals surface area contributed by atoms with Crippen LogP contribution in [-0.4, -0.2) is 19.5 Å². The Kier molecular flexibility index (Phi) is 4.15. The number of carboxylic acid groups (broad SMARTS) is 1. The Hall–Kier alpha value is -2.12. The Morgan fingerprint density at radius 3 is 2.29 bits per heavy atom. The number of hydrogen-bond donors (Lipinski definition) is 2. The van der Waals surface area contributed by atoms with Gasteiger partial charge in [0.25, 0.3) is 10.0 Å². The van der Waals surface area contributed by atoms with E-state index in [9.17, 15) is 17.6 Å². The zero-order valence-electron chi connectivity index (χ0n) is 10.4. The molecule has 0 saturated heterocycles. The Bertz CT molecular complexity index is 790. The normalized spacial score (nSPS) is 11.1. The van der Waals surface area contributed by atoms with Crippen molar-refractivity contribution in [1.82, 2.24) is 0 Å². The van der Waals surface area contributed by atoms with Crippen molar-refractivity contribution in [1.29, 1.82) is 0 Å². The van der Waals surface area contributed by atoms with Crippen LogP contribution < -0.4 is 4.72 Å². The lowest BCUT2D eigenvalue weighted by molar-refractivity contribution is 0.0696. The lowest BCUT2D eigenvalue weighted by atomic mass is 10.2. The van der Waals surface area contributed by atoms with Gasteiger partial charge < -0.3 is 5.11 Å². The lowest BCUT2D eigenvalue weighted by Crippen LogP contribution is -2.13. The van der Waals surface area contributed by atoms with Crippen LogP contribution in [0.25, 0.3) is 0 Å². The number of carbonyl (C=O) groups is 1. The number of carboxylic acids is 1. The highest BCUT2D eigenvalue weighted by Crippen LogP contribution is 2.21. The molecular weight excluding hydrogens is 321 g/mol. The van der Waals surface area contributed by atoms with E-state index in [1.54, 1.807) is 0 Å². The summed E-state index contributed by atoms with van der Waals surface area (Å²) in [6.07, 6.45) is 0. The molecule has 0 atom stereocenters. The van der Waals surface area contributed by atoms with Crippen LogP contribution in [0.5, 0.6) is 0 Å². The van der Waals surface area contributed by atoms with E-state index in [0.29, 0.717) is 0 Å². The molecule has 0 aliphatic carbocycles. The molecule has 2 N–H and O–H groups in total. The fourth-order valence-electron chi connectivity index (χ4n) is 1.55. The minimum Gasteiger partial charge on any atom is -0.478 e. The summed E-state index contributed by atoms with van der Waals surface area (Å²) >= 11 is 5.51. The number of halogens is 2. The minimum absolute atomic E-state index is 0.0132. The highest BCUT2D eigenvalue weighted by molar-refractivity contribution is 7.92. The third-order valence-electron chi connectivity index (χ3n) is 2.58. The standard InChI is InChI=1S/C13H9ClFNO4S/c14-11-6-3-9(7-12(11)15)16-21(19,20)10-4-1-8(2-5-10)13(17)18/h1-7,16H,(H,17,18). The van der Waals surface area contributed by atoms with Gasteiger partial charge >= 0.3 is 5.97 Å². The first-order valence-electron chi connectivity index (χ1n) is 5.61. The average molecular weight is 330 g/mol. The zero-order valence-corrected chi connectivity index (χ0v) is 12.0. The van der Waals surface area contributed by atoms with E-state index in [2.05, 4.69) is 4.72 Å². The molecular formula is C13H9ClFNO4S. The highest BCUT2D eigenvalue weighted by atomic mass is 35.5. The first kappa shape index (κ1) is 15.3. The monoisotopic (exact) mass is 329 g/mol. The van der Waals surface area contributed by atoms with Crippen molar-refractivity contribution in [3.8, 4) is 0 Å². The van der Waals surface area contributed by atoms with E-state index in [0.717, 1.165) is 18.2 Å². The summed E-state index contributed by atoms with van der Waals surface area (Å²) in [6, 6.07) is 8.12. The Labute approximate surface area is 125 Å². The number of benzene rings is 2. The van der Waals surface area contributed by atoms with E-state index in [-0.39, 0.29) is 21.2 Å². The summed E-state index contributed by atoms with van der Waals surface area (Å²) < 4.78 is 39.6. The van der Waals surface area contributed by atoms with Crippen LogP contribution in [-0.2, 0) is 10.0 Å². The van der Waals surface area contributed by atoms with Gasteiger partial charge in [-0.3, -0.25) is 4.72 Å². The second-order valence-corrected chi connectivity index (χ2v) is 6.15. The number of aromatic carboxylic acids is 1. The molecule has 0 fully saturated rings. The summed E-state index contributed by atoms with van der Waals surface area (Å²) in [5.41, 5.74) is -0.0225. The lowest BCUT2D eigenvalue weighted by Gasteiger charge is -2.08. The molecule has 0 amide bonds. The summed E-state index contributed by atoms with van der Waals surface area (Å²) in [5, 5.41) is 8.63. The molecule has 0 aliphatic heterocycles. The molecule has 110 valence electrons. The Morgan fingerprint density at radius 1 is 1.14 bits per heavy atom. The number of hydrogen-bond acceptors (Lipinski definition) is 3. The topological polar surface area (TPSA) is 83.5 Å². The molecule has 0 heterocycles. The van der Waals surface area contributed by atoms with Gasteiger partial charge in [0.2, 0.25) is 0 Å². The van der Waals surface area contributed by atoms with E-state index in [4.69, 9.17) is 16.7 Å². The molecule has 0 aromatic heterocycles. The zero-order chi connectivity index (χ0) is 15.6. The Balaban J connectivity index is 2.29. The largest absolute Gasteiger partial charge is 0.478 e. The quantitative estimate of drug-likeness (QED) is 0.903. The van der Waals surface area contributed by atoms with Gasteiger partial charge in [-0.15, -0.1) is 0 Å². The highest BCUT2D eigenvalue weighted by Gasteiger charge is 2.15. The molecule has 0 radical (unpaired) electrons. The molecule has 0 spiro atoms. The van der Waals surface area contributed by atoms with Crippen molar-refractivity contribution in [3.63, 3.8) is 0 Å². The van der Waals surface area contributed by atoms with Crippen LogP contribution in [0, 0.1) is 5.82 Å². The fraction of sp³-hybridized carbons (Fsp3) is 0. The smallest absolute Gasteiger partial charge is 0.335 e. The maximum Gasteiger partial charge on any atom is 0.335 e. The molecule has 2 aromatic carbocycles. The second-order valence-electron chi connectivity index (χ2n) is 4.06. The second kappa shape index (κ2) is 5.71. The number of sulfonamides is 1. The Morgan fingerprint density at radius 2 is 1.76 bits per heavy atom. The van der Waals surface area contributed by atoms with E-state index in [1.165, 1.54) is 24.3 Å². The third kappa shape index (κ3) is 3.50. The van der Waals surface area contributed by atoms with Gasteiger partial charge in [0, 0.05) is 0 Å². The first-order chi connectivity index (χ1) is 9.79. The van der Waals surface area contributed by atoms with E-state index < -0.39 is 21.8 Å². The van der Waals surface area contributed by atoms with Crippen molar-refractivity contribution in [2.24, 2.45) is 0 Å². The van der Waals surface area contributed by atoms with Gasteiger partial charge in [0.15, 0.2) is 0 Å². The summed E-state index contributed by atoms with van der Waals surface area (Å²) in [4.78, 5) is 10.6. The van der Waals surface area contributed by atoms with Crippen molar-refractivity contribution < 1.29 is 22.7 Å².